The van der Waals surface area contributed by atoms with E-state index < -0.39 is 0 Å². The van der Waals surface area contributed by atoms with Crippen LogP contribution >= 0.6 is 0 Å². The van der Waals surface area contributed by atoms with E-state index in [2.05, 4.69) is 43.0 Å². The largest absolute Gasteiger partial charge is 0.368 e. The van der Waals surface area contributed by atoms with Crippen molar-refractivity contribution in [1.29, 1.82) is 0 Å². The van der Waals surface area contributed by atoms with Crippen LogP contribution in [0.15, 0.2) is 24.3 Å². The average Bonchev–Trinajstić information content (AvgIpc) is 2.55. The Kier molecular flexibility index (Phi) is 4.55. The summed E-state index contributed by atoms with van der Waals surface area (Å²) in [5.41, 5.74) is 2.57. The Balaban J connectivity index is 1.54. The van der Waals surface area contributed by atoms with Gasteiger partial charge in [0.1, 0.15) is 0 Å². The lowest BCUT2D eigenvalue weighted by atomic mass is 9.99. The number of nitrogens with zero attached hydrogens (tertiary/aromatic N) is 3. The fraction of sp³-hybridized carbons (Fsp3) is 0.611. The standard InChI is InChI=1S/C18H27N3O/c1-15-6-8-20(9-7-15)18(22)21-12-10-19(11-13-21)17-5-3-4-16(2)14-17/h3-5,14-15H,6-13H2,1-2H3. The molecule has 2 heterocycles. The summed E-state index contributed by atoms with van der Waals surface area (Å²) in [5.74, 6) is 0.766. The van der Waals surface area contributed by atoms with Crippen molar-refractivity contribution in [3.8, 4) is 0 Å². The molecule has 2 aliphatic rings. The Hall–Kier alpha value is -1.71. The smallest absolute Gasteiger partial charge is 0.320 e. The van der Waals surface area contributed by atoms with Crippen molar-refractivity contribution in [2.24, 2.45) is 5.92 Å². The summed E-state index contributed by atoms with van der Waals surface area (Å²) in [6.45, 7) is 9.79. The van der Waals surface area contributed by atoms with Crippen LogP contribution in [0.2, 0.25) is 0 Å². The normalized spacial score (nSPS) is 20.4. The Labute approximate surface area is 133 Å². The summed E-state index contributed by atoms with van der Waals surface area (Å²) in [6, 6.07) is 8.87. The molecular formula is C18H27N3O. The molecule has 0 saturated carbocycles. The fourth-order valence-electron chi connectivity index (χ4n) is 3.38. The van der Waals surface area contributed by atoms with Gasteiger partial charge in [-0.3, -0.25) is 0 Å². The van der Waals surface area contributed by atoms with Crippen molar-refractivity contribution >= 4 is 11.7 Å². The molecule has 0 aromatic heterocycles. The van der Waals surface area contributed by atoms with Crippen LogP contribution in [0.4, 0.5) is 10.5 Å². The number of piperazine rings is 1. The van der Waals surface area contributed by atoms with E-state index in [1.807, 2.05) is 9.80 Å². The van der Waals surface area contributed by atoms with Gasteiger partial charge in [-0.2, -0.15) is 0 Å². The second-order valence-corrected chi connectivity index (χ2v) is 6.77. The molecule has 1 aromatic carbocycles. The third-order valence-corrected chi connectivity index (χ3v) is 4.97. The summed E-state index contributed by atoms with van der Waals surface area (Å²) in [4.78, 5) is 19.0. The second kappa shape index (κ2) is 6.59. The van der Waals surface area contributed by atoms with Gasteiger partial charge in [-0.15, -0.1) is 0 Å². The van der Waals surface area contributed by atoms with Crippen molar-refractivity contribution in [2.75, 3.05) is 44.2 Å². The van der Waals surface area contributed by atoms with E-state index in [4.69, 9.17) is 0 Å². The first kappa shape index (κ1) is 15.2. The highest BCUT2D eigenvalue weighted by atomic mass is 16.2. The molecule has 0 bridgehead atoms. The lowest BCUT2D eigenvalue weighted by Gasteiger charge is -2.40. The maximum atomic E-state index is 12.6. The molecule has 4 nitrogen and oxygen atoms in total. The topological polar surface area (TPSA) is 26.8 Å². The number of piperidine rings is 1. The number of hydrogen-bond acceptors (Lipinski definition) is 2. The van der Waals surface area contributed by atoms with E-state index >= 15 is 0 Å². The molecule has 0 atom stereocenters. The van der Waals surface area contributed by atoms with Crippen LogP contribution in [0, 0.1) is 12.8 Å². The number of likely N-dealkylation sites (tertiary alicyclic amines) is 1. The van der Waals surface area contributed by atoms with Crippen molar-refractivity contribution < 1.29 is 4.79 Å². The molecule has 0 N–H and O–H groups in total. The van der Waals surface area contributed by atoms with Gasteiger partial charge in [0.15, 0.2) is 0 Å². The first-order valence-electron chi connectivity index (χ1n) is 8.49. The lowest BCUT2D eigenvalue weighted by molar-refractivity contribution is 0.132. The highest BCUT2D eigenvalue weighted by molar-refractivity contribution is 5.75. The number of rotatable bonds is 1. The Bertz CT molecular complexity index is 515. The Morgan fingerprint density at radius 3 is 2.27 bits per heavy atom. The Morgan fingerprint density at radius 2 is 1.64 bits per heavy atom. The van der Waals surface area contributed by atoms with Crippen LogP contribution in [-0.4, -0.2) is 55.1 Å². The van der Waals surface area contributed by atoms with Gasteiger partial charge in [-0.05, 0) is 43.4 Å². The van der Waals surface area contributed by atoms with Crippen LogP contribution < -0.4 is 4.90 Å². The van der Waals surface area contributed by atoms with E-state index in [-0.39, 0.29) is 6.03 Å². The molecule has 3 rings (SSSR count). The SMILES string of the molecule is Cc1cccc(N2CCN(C(=O)N3CCC(C)CC3)CC2)c1. The number of carbonyl (C=O) groups is 1. The molecule has 0 unspecified atom stereocenters. The molecule has 4 heteroatoms. The van der Waals surface area contributed by atoms with Crippen molar-refractivity contribution in [1.82, 2.24) is 9.80 Å². The third-order valence-electron chi connectivity index (χ3n) is 4.97. The highest BCUT2D eigenvalue weighted by Crippen LogP contribution is 2.20. The van der Waals surface area contributed by atoms with Gasteiger partial charge in [-0.1, -0.05) is 19.1 Å². The molecule has 0 aliphatic carbocycles. The number of benzene rings is 1. The van der Waals surface area contributed by atoms with Gasteiger partial charge in [0, 0.05) is 45.0 Å². The van der Waals surface area contributed by atoms with E-state index in [9.17, 15) is 4.79 Å². The van der Waals surface area contributed by atoms with E-state index in [0.717, 1.165) is 58.0 Å². The van der Waals surface area contributed by atoms with Crippen LogP contribution in [0.25, 0.3) is 0 Å². The minimum Gasteiger partial charge on any atom is -0.368 e. The van der Waals surface area contributed by atoms with E-state index in [1.165, 1.54) is 11.3 Å². The number of anilines is 1. The number of amides is 2. The molecule has 120 valence electrons. The van der Waals surface area contributed by atoms with Gasteiger partial charge in [0.2, 0.25) is 0 Å². The maximum Gasteiger partial charge on any atom is 0.320 e. The minimum absolute atomic E-state index is 0.246. The zero-order valence-corrected chi connectivity index (χ0v) is 13.8. The quantitative estimate of drug-likeness (QED) is 0.797. The molecule has 1 aromatic rings. The monoisotopic (exact) mass is 301 g/mol. The maximum absolute atomic E-state index is 12.6. The molecule has 2 fully saturated rings. The van der Waals surface area contributed by atoms with Crippen molar-refractivity contribution in [3.05, 3.63) is 29.8 Å². The summed E-state index contributed by atoms with van der Waals surface area (Å²) in [6.07, 6.45) is 2.30. The summed E-state index contributed by atoms with van der Waals surface area (Å²) in [5, 5.41) is 0. The molecule has 22 heavy (non-hydrogen) atoms. The van der Waals surface area contributed by atoms with Crippen molar-refractivity contribution in [3.63, 3.8) is 0 Å². The van der Waals surface area contributed by atoms with Crippen LogP contribution in [0.1, 0.15) is 25.3 Å². The zero-order valence-electron chi connectivity index (χ0n) is 13.8. The van der Waals surface area contributed by atoms with Gasteiger partial charge in [-0.25, -0.2) is 4.79 Å². The van der Waals surface area contributed by atoms with Gasteiger partial charge in [0.05, 0.1) is 0 Å². The summed E-state index contributed by atoms with van der Waals surface area (Å²) >= 11 is 0. The molecule has 0 radical (unpaired) electrons. The molecular weight excluding hydrogens is 274 g/mol. The van der Waals surface area contributed by atoms with Gasteiger partial charge in [0.25, 0.3) is 0 Å². The van der Waals surface area contributed by atoms with E-state index in [0.29, 0.717) is 0 Å². The summed E-state index contributed by atoms with van der Waals surface area (Å²) < 4.78 is 0. The number of carbonyl (C=O) groups excluding carboxylic acids is 1. The average molecular weight is 301 g/mol. The fourth-order valence-corrected chi connectivity index (χ4v) is 3.38. The lowest BCUT2D eigenvalue weighted by Crippen LogP contribution is -2.54. The van der Waals surface area contributed by atoms with Crippen LogP contribution in [0.3, 0.4) is 0 Å². The zero-order chi connectivity index (χ0) is 15.5. The first-order chi connectivity index (χ1) is 10.6. The number of hydrogen-bond donors (Lipinski definition) is 0. The van der Waals surface area contributed by atoms with Gasteiger partial charge < -0.3 is 14.7 Å². The number of aryl methyl sites for hydroxylation is 1. The third kappa shape index (κ3) is 3.37. The second-order valence-electron chi connectivity index (χ2n) is 6.77. The van der Waals surface area contributed by atoms with Crippen molar-refractivity contribution in [2.45, 2.75) is 26.7 Å². The number of urea groups is 1. The summed E-state index contributed by atoms with van der Waals surface area (Å²) in [7, 11) is 0. The molecule has 2 saturated heterocycles. The highest BCUT2D eigenvalue weighted by Gasteiger charge is 2.27. The predicted molar refractivity (Wildman–Crippen MR) is 90.3 cm³/mol. The van der Waals surface area contributed by atoms with E-state index in [1.54, 1.807) is 0 Å². The predicted octanol–water partition coefficient (Wildman–Crippen LogP) is 2.97. The first-order valence-corrected chi connectivity index (χ1v) is 8.49. The minimum atomic E-state index is 0.246. The molecule has 0 spiro atoms. The van der Waals surface area contributed by atoms with Gasteiger partial charge >= 0.3 is 6.03 Å². The van der Waals surface area contributed by atoms with Crippen LogP contribution in [0.5, 0.6) is 0 Å². The Morgan fingerprint density at radius 1 is 1.00 bits per heavy atom. The molecule has 2 amide bonds. The molecule has 2 aliphatic heterocycles. The van der Waals surface area contributed by atoms with Crippen LogP contribution in [-0.2, 0) is 0 Å².